The number of allylic oxidation sites excluding steroid dienone is 1. The Labute approximate surface area is 63.5 Å². The Balaban J connectivity index is 2.24. The smallest absolute Gasteiger partial charge is 0.0830 e. The first-order chi connectivity index (χ1) is 4.89. The number of nitrogens with two attached hydrogens (primary N) is 1. The molecule has 1 rings (SSSR count). The van der Waals surface area contributed by atoms with E-state index in [9.17, 15) is 0 Å². The summed E-state index contributed by atoms with van der Waals surface area (Å²) in [6, 6.07) is 0.847. The highest BCUT2D eigenvalue weighted by molar-refractivity contribution is 4.81. The third-order valence-electron chi connectivity index (χ3n) is 2.10. The van der Waals surface area contributed by atoms with Crippen molar-refractivity contribution < 1.29 is 5.32 Å². The monoisotopic (exact) mass is 140 g/mol. The first-order valence-electron chi connectivity index (χ1n) is 4.38. The van der Waals surface area contributed by atoms with Crippen LogP contribution in [0, 0.1) is 0 Å². The molecule has 1 aliphatic rings. The van der Waals surface area contributed by atoms with Crippen molar-refractivity contribution in [2.75, 3.05) is 6.54 Å². The van der Waals surface area contributed by atoms with Crippen LogP contribution >= 0.6 is 0 Å². The van der Waals surface area contributed by atoms with Crippen molar-refractivity contribution >= 4 is 0 Å². The molecule has 2 N–H and O–H groups in total. The van der Waals surface area contributed by atoms with Crippen molar-refractivity contribution in [3.63, 3.8) is 0 Å². The van der Waals surface area contributed by atoms with E-state index in [4.69, 9.17) is 0 Å². The highest BCUT2D eigenvalue weighted by atomic mass is 14.9. The van der Waals surface area contributed by atoms with Gasteiger partial charge in [-0.05, 0) is 26.2 Å². The van der Waals surface area contributed by atoms with E-state index in [1.807, 2.05) is 0 Å². The molecule has 0 aromatic carbocycles. The molecule has 10 heavy (non-hydrogen) atoms. The van der Waals surface area contributed by atoms with Crippen LogP contribution in [-0.2, 0) is 0 Å². The van der Waals surface area contributed by atoms with Gasteiger partial charge in [0.05, 0.1) is 12.6 Å². The van der Waals surface area contributed by atoms with Gasteiger partial charge in [-0.25, -0.2) is 0 Å². The van der Waals surface area contributed by atoms with E-state index in [-0.39, 0.29) is 0 Å². The molecule has 1 heterocycles. The Morgan fingerprint density at radius 2 is 2.10 bits per heavy atom. The average molecular weight is 140 g/mol. The normalized spacial score (nSPS) is 28.7. The standard InChI is InChI=1S/C9H17N/c1-9-7-5-3-2-4-6-8-10-9/h2,4,9-10H,3,5-8H2,1H3/p+1. The van der Waals surface area contributed by atoms with Crippen LogP contribution in [0.15, 0.2) is 12.2 Å². The summed E-state index contributed by atoms with van der Waals surface area (Å²) in [5.74, 6) is 0. The summed E-state index contributed by atoms with van der Waals surface area (Å²) in [6.07, 6.45) is 9.93. The van der Waals surface area contributed by atoms with Crippen LogP contribution in [0.25, 0.3) is 0 Å². The summed E-state index contributed by atoms with van der Waals surface area (Å²) in [6.45, 7) is 3.60. The predicted molar refractivity (Wildman–Crippen MR) is 43.9 cm³/mol. The highest BCUT2D eigenvalue weighted by Crippen LogP contribution is 2.00. The van der Waals surface area contributed by atoms with Crippen molar-refractivity contribution in [1.82, 2.24) is 0 Å². The van der Waals surface area contributed by atoms with Crippen LogP contribution in [-0.4, -0.2) is 12.6 Å². The molecule has 58 valence electrons. The molecule has 0 saturated heterocycles. The summed E-state index contributed by atoms with van der Waals surface area (Å²) in [4.78, 5) is 0. The minimum Gasteiger partial charge on any atom is -0.344 e. The van der Waals surface area contributed by atoms with Crippen LogP contribution in [0.2, 0.25) is 0 Å². The lowest BCUT2D eigenvalue weighted by Crippen LogP contribution is -2.89. The van der Waals surface area contributed by atoms with E-state index in [1.165, 1.54) is 32.2 Å². The van der Waals surface area contributed by atoms with Gasteiger partial charge in [-0.3, -0.25) is 0 Å². The molecule has 1 heteroatoms. The summed E-state index contributed by atoms with van der Waals surface area (Å²) >= 11 is 0. The van der Waals surface area contributed by atoms with Gasteiger partial charge in [0.2, 0.25) is 0 Å². The minimum absolute atomic E-state index is 0.847. The topological polar surface area (TPSA) is 16.6 Å². The molecule has 0 saturated carbocycles. The molecule has 0 aromatic rings. The molecule has 1 atom stereocenters. The quantitative estimate of drug-likeness (QED) is 0.485. The summed E-state index contributed by atoms with van der Waals surface area (Å²) in [5, 5.41) is 2.45. The van der Waals surface area contributed by atoms with Gasteiger partial charge in [0, 0.05) is 6.42 Å². The Morgan fingerprint density at radius 1 is 1.30 bits per heavy atom. The summed E-state index contributed by atoms with van der Waals surface area (Å²) < 4.78 is 0. The lowest BCUT2D eigenvalue weighted by atomic mass is 10.1. The molecule has 0 aliphatic carbocycles. The third-order valence-corrected chi connectivity index (χ3v) is 2.10. The molecular weight excluding hydrogens is 122 g/mol. The maximum atomic E-state index is 2.45. The molecule has 0 amide bonds. The highest BCUT2D eigenvalue weighted by Gasteiger charge is 2.03. The van der Waals surface area contributed by atoms with Gasteiger partial charge in [0.1, 0.15) is 0 Å². The Kier molecular flexibility index (Phi) is 3.52. The molecule has 0 fully saturated rings. The molecule has 0 radical (unpaired) electrons. The maximum absolute atomic E-state index is 2.45. The first-order valence-corrected chi connectivity index (χ1v) is 4.38. The van der Waals surface area contributed by atoms with Gasteiger partial charge < -0.3 is 5.32 Å². The fourth-order valence-corrected chi connectivity index (χ4v) is 1.39. The van der Waals surface area contributed by atoms with Gasteiger partial charge in [0.25, 0.3) is 0 Å². The largest absolute Gasteiger partial charge is 0.344 e. The molecular formula is C9H18N+. The molecule has 0 spiro atoms. The Bertz CT molecular complexity index is 95.3. The van der Waals surface area contributed by atoms with E-state index in [1.54, 1.807) is 0 Å². The van der Waals surface area contributed by atoms with Crippen molar-refractivity contribution in [2.24, 2.45) is 0 Å². The second kappa shape index (κ2) is 4.51. The van der Waals surface area contributed by atoms with Crippen molar-refractivity contribution in [3.8, 4) is 0 Å². The van der Waals surface area contributed by atoms with E-state index in [2.05, 4.69) is 24.4 Å². The van der Waals surface area contributed by atoms with Crippen molar-refractivity contribution in [1.29, 1.82) is 0 Å². The lowest BCUT2D eigenvalue weighted by Gasteiger charge is -2.06. The number of quaternary nitrogens is 1. The summed E-state index contributed by atoms with van der Waals surface area (Å²) in [5.41, 5.74) is 0. The van der Waals surface area contributed by atoms with E-state index in [0.29, 0.717) is 0 Å². The lowest BCUT2D eigenvalue weighted by molar-refractivity contribution is -0.685. The fraction of sp³-hybridized carbons (Fsp3) is 0.778. The maximum Gasteiger partial charge on any atom is 0.0830 e. The van der Waals surface area contributed by atoms with Gasteiger partial charge in [-0.15, -0.1) is 0 Å². The van der Waals surface area contributed by atoms with Gasteiger partial charge >= 0.3 is 0 Å². The van der Waals surface area contributed by atoms with Crippen LogP contribution in [0.1, 0.15) is 32.6 Å². The van der Waals surface area contributed by atoms with Crippen LogP contribution in [0.3, 0.4) is 0 Å². The predicted octanol–water partition coefficient (Wildman–Crippen LogP) is 1.07. The second-order valence-electron chi connectivity index (χ2n) is 3.19. The molecule has 0 bridgehead atoms. The zero-order valence-corrected chi connectivity index (χ0v) is 6.84. The van der Waals surface area contributed by atoms with Gasteiger partial charge in [0.15, 0.2) is 0 Å². The molecule has 1 aliphatic heterocycles. The summed E-state index contributed by atoms with van der Waals surface area (Å²) in [7, 11) is 0. The number of hydrogen-bond acceptors (Lipinski definition) is 0. The second-order valence-corrected chi connectivity index (χ2v) is 3.19. The zero-order chi connectivity index (χ0) is 7.23. The van der Waals surface area contributed by atoms with Gasteiger partial charge in [-0.2, -0.15) is 0 Å². The van der Waals surface area contributed by atoms with Crippen LogP contribution < -0.4 is 5.32 Å². The van der Waals surface area contributed by atoms with Crippen LogP contribution in [0.5, 0.6) is 0 Å². The van der Waals surface area contributed by atoms with E-state index in [0.717, 1.165) is 6.04 Å². The Morgan fingerprint density at radius 3 is 3.00 bits per heavy atom. The van der Waals surface area contributed by atoms with E-state index < -0.39 is 0 Å². The van der Waals surface area contributed by atoms with Gasteiger partial charge in [-0.1, -0.05) is 12.2 Å². The molecule has 0 aromatic heterocycles. The SMILES string of the molecule is CC1CCCC=CCC[NH2+]1. The number of hydrogen-bond donors (Lipinski definition) is 1. The Hall–Kier alpha value is -0.300. The third kappa shape index (κ3) is 3.02. The average Bonchev–Trinajstić information content (AvgIpc) is 2.02. The fourth-order valence-electron chi connectivity index (χ4n) is 1.39. The molecule has 1 unspecified atom stereocenters. The zero-order valence-electron chi connectivity index (χ0n) is 6.84. The first kappa shape index (κ1) is 7.80. The molecule has 1 nitrogen and oxygen atoms in total. The number of rotatable bonds is 0. The van der Waals surface area contributed by atoms with Crippen molar-refractivity contribution in [3.05, 3.63) is 12.2 Å². The minimum atomic E-state index is 0.847. The van der Waals surface area contributed by atoms with Crippen molar-refractivity contribution in [2.45, 2.75) is 38.6 Å². The van der Waals surface area contributed by atoms with Crippen LogP contribution in [0.4, 0.5) is 0 Å². The van der Waals surface area contributed by atoms with E-state index >= 15 is 0 Å².